The molecule has 1 aromatic carbocycles. The number of benzene rings is 1. The van der Waals surface area contributed by atoms with Gasteiger partial charge in [-0.05, 0) is 43.5 Å². The highest BCUT2D eigenvalue weighted by atomic mass is 35.5. The topological polar surface area (TPSA) is 34.1 Å². The molecule has 0 unspecified atom stereocenters. The van der Waals surface area contributed by atoms with E-state index in [1.54, 1.807) is 13.3 Å². The summed E-state index contributed by atoms with van der Waals surface area (Å²) < 4.78 is 5.63. The van der Waals surface area contributed by atoms with Crippen molar-refractivity contribution in [3.05, 3.63) is 35.5 Å². The second-order valence-corrected chi connectivity index (χ2v) is 5.55. The van der Waals surface area contributed by atoms with Crippen molar-refractivity contribution < 1.29 is 4.74 Å². The fourth-order valence-corrected chi connectivity index (χ4v) is 2.72. The van der Waals surface area contributed by atoms with Crippen molar-refractivity contribution in [2.75, 3.05) is 19.0 Å². The van der Waals surface area contributed by atoms with Crippen LogP contribution in [0.4, 0.5) is 5.69 Å². The Hall–Kier alpha value is -1.32. The van der Waals surface area contributed by atoms with E-state index < -0.39 is 0 Å². The molecule has 0 radical (unpaired) electrons. The SMILES string of the molecule is COC1(CNc2ccnc3cc(Cl)ccc23)CCC1. The minimum atomic E-state index is 0.0159. The van der Waals surface area contributed by atoms with E-state index in [0.717, 1.165) is 36.0 Å². The van der Waals surface area contributed by atoms with Crippen molar-refractivity contribution in [1.29, 1.82) is 0 Å². The molecule has 19 heavy (non-hydrogen) atoms. The minimum absolute atomic E-state index is 0.0159. The molecule has 1 aromatic heterocycles. The summed E-state index contributed by atoms with van der Waals surface area (Å²) in [5, 5.41) is 5.30. The second-order valence-electron chi connectivity index (χ2n) is 5.11. The molecule has 3 rings (SSSR count). The molecule has 4 heteroatoms. The quantitative estimate of drug-likeness (QED) is 0.920. The van der Waals surface area contributed by atoms with Crippen LogP contribution in [-0.4, -0.2) is 24.2 Å². The van der Waals surface area contributed by atoms with Crippen molar-refractivity contribution in [3.63, 3.8) is 0 Å². The molecule has 1 N–H and O–H groups in total. The molecule has 1 saturated carbocycles. The van der Waals surface area contributed by atoms with Gasteiger partial charge in [-0.2, -0.15) is 0 Å². The summed E-state index contributed by atoms with van der Waals surface area (Å²) in [4.78, 5) is 4.35. The van der Waals surface area contributed by atoms with Crippen LogP contribution in [0.15, 0.2) is 30.5 Å². The summed E-state index contributed by atoms with van der Waals surface area (Å²) in [6.45, 7) is 0.839. The Bertz CT molecular complexity index is 590. The fraction of sp³-hybridized carbons (Fsp3) is 0.400. The Kier molecular flexibility index (Phi) is 3.33. The second kappa shape index (κ2) is 4.99. The van der Waals surface area contributed by atoms with Crippen LogP contribution in [0.3, 0.4) is 0 Å². The predicted octanol–water partition coefficient (Wildman–Crippen LogP) is 3.87. The number of anilines is 1. The van der Waals surface area contributed by atoms with E-state index in [4.69, 9.17) is 16.3 Å². The maximum absolute atomic E-state index is 5.99. The van der Waals surface area contributed by atoms with Crippen LogP contribution in [0.1, 0.15) is 19.3 Å². The molecule has 0 spiro atoms. The van der Waals surface area contributed by atoms with Gasteiger partial charge in [0, 0.05) is 35.9 Å². The number of nitrogens with one attached hydrogen (secondary N) is 1. The lowest BCUT2D eigenvalue weighted by Gasteiger charge is -2.40. The smallest absolute Gasteiger partial charge is 0.0850 e. The third-order valence-electron chi connectivity index (χ3n) is 4.00. The van der Waals surface area contributed by atoms with Crippen LogP contribution in [0, 0.1) is 0 Å². The summed E-state index contributed by atoms with van der Waals surface area (Å²) >= 11 is 5.99. The lowest BCUT2D eigenvalue weighted by molar-refractivity contribution is -0.0601. The number of methoxy groups -OCH3 is 1. The highest BCUT2D eigenvalue weighted by Crippen LogP contribution is 2.35. The highest BCUT2D eigenvalue weighted by Gasteiger charge is 2.36. The van der Waals surface area contributed by atoms with Crippen LogP contribution < -0.4 is 5.32 Å². The molecule has 0 bridgehead atoms. The Morgan fingerprint density at radius 3 is 2.89 bits per heavy atom. The molecular weight excluding hydrogens is 260 g/mol. The number of hydrogen-bond donors (Lipinski definition) is 1. The van der Waals surface area contributed by atoms with Crippen molar-refractivity contribution in [2.24, 2.45) is 0 Å². The Morgan fingerprint density at radius 2 is 2.21 bits per heavy atom. The van der Waals surface area contributed by atoms with Gasteiger partial charge in [0.25, 0.3) is 0 Å². The van der Waals surface area contributed by atoms with Gasteiger partial charge in [0.2, 0.25) is 0 Å². The maximum atomic E-state index is 5.99. The molecule has 1 fully saturated rings. The van der Waals surface area contributed by atoms with Crippen LogP contribution >= 0.6 is 11.6 Å². The Labute approximate surface area is 117 Å². The van der Waals surface area contributed by atoms with Crippen molar-refractivity contribution in [3.8, 4) is 0 Å². The number of aromatic nitrogens is 1. The third kappa shape index (κ3) is 2.40. The van der Waals surface area contributed by atoms with Crippen molar-refractivity contribution in [2.45, 2.75) is 24.9 Å². The average Bonchev–Trinajstić information content (AvgIpc) is 2.37. The first-order valence-corrected chi connectivity index (χ1v) is 6.94. The Balaban J connectivity index is 1.84. The zero-order chi connectivity index (χ0) is 13.3. The number of hydrogen-bond acceptors (Lipinski definition) is 3. The van der Waals surface area contributed by atoms with Crippen LogP contribution in [0.5, 0.6) is 0 Å². The van der Waals surface area contributed by atoms with Crippen LogP contribution in [0.2, 0.25) is 5.02 Å². The molecule has 1 heterocycles. The standard InChI is InChI=1S/C15H17ClN2O/c1-19-15(6-2-7-15)10-18-13-5-8-17-14-9-11(16)3-4-12(13)14/h3-5,8-9H,2,6-7,10H2,1H3,(H,17,18). The highest BCUT2D eigenvalue weighted by molar-refractivity contribution is 6.31. The first-order chi connectivity index (χ1) is 9.22. The molecule has 100 valence electrons. The molecule has 0 atom stereocenters. The first-order valence-electron chi connectivity index (χ1n) is 6.56. The van der Waals surface area contributed by atoms with Gasteiger partial charge in [0.15, 0.2) is 0 Å². The van der Waals surface area contributed by atoms with Gasteiger partial charge < -0.3 is 10.1 Å². The molecule has 3 nitrogen and oxygen atoms in total. The van der Waals surface area contributed by atoms with Gasteiger partial charge in [-0.1, -0.05) is 11.6 Å². The number of ether oxygens (including phenoxy) is 1. The molecule has 0 amide bonds. The lowest BCUT2D eigenvalue weighted by atomic mass is 9.80. The Morgan fingerprint density at radius 1 is 1.37 bits per heavy atom. The van der Waals surface area contributed by atoms with E-state index in [1.807, 2.05) is 24.3 Å². The normalized spacial score (nSPS) is 17.2. The van der Waals surface area contributed by atoms with E-state index in [-0.39, 0.29) is 5.60 Å². The number of rotatable bonds is 4. The van der Waals surface area contributed by atoms with Crippen molar-refractivity contribution >= 4 is 28.2 Å². The molecule has 0 aliphatic heterocycles. The van der Waals surface area contributed by atoms with Crippen LogP contribution in [0.25, 0.3) is 10.9 Å². The van der Waals surface area contributed by atoms with Crippen molar-refractivity contribution in [1.82, 2.24) is 4.98 Å². The molecule has 1 aliphatic carbocycles. The number of fused-ring (bicyclic) bond motifs is 1. The first kappa shape index (κ1) is 12.7. The summed E-state index contributed by atoms with van der Waals surface area (Å²) in [6, 6.07) is 7.79. The summed E-state index contributed by atoms with van der Waals surface area (Å²) in [5.74, 6) is 0. The van der Waals surface area contributed by atoms with E-state index in [0.29, 0.717) is 5.02 Å². The van der Waals surface area contributed by atoms with Gasteiger partial charge in [-0.3, -0.25) is 4.98 Å². The largest absolute Gasteiger partial charge is 0.382 e. The maximum Gasteiger partial charge on any atom is 0.0850 e. The minimum Gasteiger partial charge on any atom is -0.382 e. The third-order valence-corrected chi connectivity index (χ3v) is 4.24. The number of pyridine rings is 1. The van der Waals surface area contributed by atoms with E-state index in [1.165, 1.54) is 6.42 Å². The predicted molar refractivity (Wildman–Crippen MR) is 78.8 cm³/mol. The van der Waals surface area contributed by atoms with Gasteiger partial charge in [-0.15, -0.1) is 0 Å². The molecule has 2 aromatic rings. The zero-order valence-electron chi connectivity index (χ0n) is 10.9. The summed E-state index contributed by atoms with van der Waals surface area (Å²) in [7, 11) is 1.80. The summed E-state index contributed by atoms with van der Waals surface area (Å²) in [6.07, 6.45) is 5.32. The monoisotopic (exact) mass is 276 g/mol. The van der Waals surface area contributed by atoms with E-state index in [9.17, 15) is 0 Å². The van der Waals surface area contributed by atoms with Crippen LogP contribution in [-0.2, 0) is 4.74 Å². The van der Waals surface area contributed by atoms with Gasteiger partial charge in [-0.25, -0.2) is 0 Å². The molecular formula is C15H17ClN2O. The van der Waals surface area contributed by atoms with E-state index >= 15 is 0 Å². The summed E-state index contributed by atoms with van der Waals surface area (Å²) in [5.41, 5.74) is 2.02. The average molecular weight is 277 g/mol. The lowest BCUT2D eigenvalue weighted by Crippen LogP contribution is -2.45. The van der Waals surface area contributed by atoms with Gasteiger partial charge >= 0.3 is 0 Å². The number of nitrogens with zero attached hydrogens (tertiary/aromatic N) is 1. The van der Waals surface area contributed by atoms with Gasteiger partial charge in [0.05, 0.1) is 11.1 Å². The fourth-order valence-electron chi connectivity index (χ4n) is 2.56. The molecule has 1 aliphatic rings. The molecule has 0 saturated heterocycles. The van der Waals surface area contributed by atoms with Gasteiger partial charge in [0.1, 0.15) is 0 Å². The van der Waals surface area contributed by atoms with E-state index in [2.05, 4.69) is 10.3 Å². The number of halogens is 1. The zero-order valence-corrected chi connectivity index (χ0v) is 11.7.